The van der Waals surface area contributed by atoms with Crippen LogP contribution in [0.1, 0.15) is 12.0 Å². The predicted molar refractivity (Wildman–Crippen MR) is 95.1 cm³/mol. The molecule has 1 amide bonds. The number of ether oxygens (including phenoxy) is 1. The fourth-order valence-electron chi connectivity index (χ4n) is 2.70. The first kappa shape index (κ1) is 16.5. The predicted octanol–water partition coefficient (Wildman–Crippen LogP) is 2.08. The summed E-state index contributed by atoms with van der Waals surface area (Å²) in [6.07, 6.45) is 2.18. The Hall–Kier alpha value is -1.38. The molecule has 122 valence electrons. The molecular formula is C15H15NO4S3. The average molecular weight is 369 g/mol. The highest BCUT2D eigenvalue weighted by Crippen LogP contribution is 2.37. The molecule has 2 fully saturated rings. The van der Waals surface area contributed by atoms with Gasteiger partial charge in [0.15, 0.2) is 9.84 Å². The Morgan fingerprint density at radius 1 is 1.39 bits per heavy atom. The van der Waals surface area contributed by atoms with Gasteiger partial charge in [0.2, 0.25) is 0 Å². The third-order valence-corrected chi connectivity index (χ3v) is 6.90. The Labute approximate surface area is 144 Å². The van der Waals surface area contributed by atoms with Crippen LogP contribution in [0.2, 0.25) is 0 Å². The minimum atomic E-state index is -3.07. The molecule has 0 radical (unpaired) electrons. The van der Waals surface area contributed by atoms with Crippen molar-refractivity contribution in [3.8, 4) is 5.75 Å². The van der Waals surface area contributed by atoms with Crippen LogP contribution in [0.5, 0.6) is 5.75 Å². The molecule has 0 N–H and O–H groups in total. The number of hydrogen-bond acceptors (Lipinski definition) is 6. The number of carbonyl (C=O) groups is 1. The molecule has 0 saturated carbocycles. The fraction of sp³-hybridized carbons (Fsp3) is 0.333. The second-order valence-electron chi connectivity index (χ2n) is 5.35. The first-order valence-corrected chi connectivity index (χ1v) is 10.1. The van der Waals surface area contributed by atoms with Gasteiger partial charge in [0, 0.05) is 5.56 Å². The third-order valence-electron chi connectivity index (χ3n) is 3.82. The van der Waals surface area contributed by atoms with Crippen LogP contribution >= 0.6 is 24.0 Å². The third kappa shape index (κ3) is 3.29. The van der Waals surface area contributed by atoms with Gasteiger partial charge in [-0.15, -0.1) is 0 Å². The highest BCUT2D eigenvalue weighted by atomic mass is 32.2. The van der Waals surface area contributed by atoms with Gasteiger partial charge in [0.25, 0.3) is 5.91 Å². The molecule has 0 unspecified atom stereocenters. The maximum atomic E-state index is 12.6. The van der Waals surface area contributed by atoms with E-state index in [4.69, 9.17) is 17.0 Å². The Morgan fingerprint density at radius 2 is 2.13 bits per heavy atom. The minimum Gasteiger partial charge on any atom is -0.496 e. The number of methoxy groups -OCH3 is 1. The maximum Gasteiger partial charge on any atom is 0.266 e. The largest absolute Gasteiger partial charge is 0.496 e. The fourth-order valence-corrected chi connectivity index (χ4v) is 5.79. The second-order valence-corrected chi connectivity index (χ2v) is 9.26. The van der Waals surface area contributed by atoms with Gasteiger partial charge >= 0.3 is 0 Å². The number of thioether (sulfide) groups is 1. The minimum absolute atomic E-state index is 0.0125. The number of rotatable bonds is 3. The van der Waals surface area contributed by atoms with Crippen molar-refractivity contribution in [3.05, 3.63) is 34.7 Å². The number of amides is 1. The van der Waals surface area contributed by atoms with Crippen molar-refractivity contribution in [2.24, 2.45) is 0 Å². The number of para-hydroxylation sites is 1. The lowest BCUT2D eigenvalue weighted by Gasteiger charge is -2.20. The van der Waals surface area contributed by atoms with Gasteiger partial charge in [0.05, 0.1) is 29.6 Å². The number of sulfone groups is 1. The lowest BCUT2D eigenvalue weighted by atomic mass is 10.1. The van der Waals surface area contributed by atoms with Gasteiger partial charge in [-0.2, -0.15) is 0 Å². The molecule has 1 atom stereocenters. The molecule has 23 heavy (non-hydrogen) atoms. The Balaban J connectivity index is 1.88. The molecule has 1 aromatic rings. The van der Waals surface area contributed by atoms with Gasteiger partial charge < -0.3 is 4.74 Å². The van der Waals surface area contributed by atoms with Crippen molar-refractivity contribution >= 4 is 50.1 Å². The van der Waals surface area contributed by atoms with E-state index in [0.29, 0.717) is 21.4 Å². The van der Waals surface area contributed by atoms with Gasteiger partial charge in [0.1, 0.15) is 10.1 Å². The molecule has 2 heterocycles. The normalized spacial score (nSPS) is 25.3. The quantitative estimate of drug-likeness (QED) is 0.600. The highest BCUT2D eigenvalue weighted by Gasteiger charge is 2.42. The first-order valence-electron chi connectivity index (χ1n) is 7.02. The van der Waals surface area contributed by atoms with E-state index in [0.717, 1.165) is 5.56 Å². The second kappa shape index (κ2) is 6.26. The summed E-state index contributed by atoms with van der Waals surface area (Å²) in [4.78, 5) is 14.6. The zero-order chi connectivity index (χ0) is 16.6. The lowest BCUT2D eigenvalue weighted by molar-refractivity contribution is -0.123. The monoisotopic (exact) mass is 369 g/mol. The summed E-state index contributed by atoms with van der Waals surface area (Å²) in [6, 6.07) is 7.03. The maximum absolute atomic E-state index is 12.6. The molecule has 2 saturated heterocycles. The van der Waals surface area contributed by atoms with Crippen molar-refractivity contribution in [1.29, 1.82) is 0 Å². The molecule has 0 aliphatic carbocycles. The Bertz CT molecular complexity index is 801. The van der Waals surface area contributed by atoms with Gasteiger partial charge in [-0.05, 0) is 18.6 Å². The number of hydrogen-bond donors (Lipinski definition) is 0. The first-order chi connectivity index (χ1) is 10.9. The van der Waals surface area contributed by atoms with E-state index in [2.05, 4.69) is 0 Å². The van der Waals surface area contributed by atoms with Crippen LogP contribution in [0.4, 0.5) is 0 Å². The summed E-state index contributed by atoms with van der Waals surface area (Å²) in [5, 5.41) is 0. The number of nitrogens with zero attached hydrogens (tertiary/aromatic N) is 1. The Kier molecular flexibility index (Phi) is 4.48. The Morgan fingerprint density at radius 3 is 2.78 bits per heavy atom. The van der Waals surface area contributed by atoms with Crippen molar-refractivity contribution < 1.29 is 17.9 Å². The molecule has 8 heteroatoms. The molecule has 2 aliphatic rings. The molecule has 3 rings (SSSR count). The van der Waals surface area contributed by atoms with Crippen molar-refractivity contribution in [3.63, 3.8) is 0 Å². The summed E-state index contributed by atoms with van der Waals surface area (Å²) in [5.74, 6) is 0.538. The summed E-state index contributed by atoms with van der Waals surface area (Å²) < 4.78 is 29.0. The van der Waals surface area contributed by atoms with Gasteiger partial charge in [-0.1, -0.05) is 42.2 Å². The van der Waals surface area contributed by atoms with Crippen LogP contribution in [-0.4, -0.2) is 48.2 Å². The summed E-state index contributed by atoms with van der Waals surface area (Å²) in [7, 11) is -1.50. The standard InChI is InChI=1S/C15H15NO4S3/c1-20-12-5-3-2-4-10(12)8-13-14(17)16(15(21)22-13)11-6-7-23(18,19)9-11/h2-5,8,11H,6-7,9H2,1H3/b13-8-/t11-/m1/s1. The summed E-state index contributed by atoms with van der Waals surface area (Å²) in [6.45, 7) is 0. The average Bonchev–Trinajstić information content (AvgIpc) is 2.99. The SMILES string of the molecule is COc1ccccc1/C=C1\SC(=S)N([C@@H]2CCS(=O)(=O)C2)C1=O. The molecule has 1 aromatic carbocycles. The van der Waals surface area contributed by atoms with Crippen molar-refractivity contribution in [2.45, 2.75) is 12.5 Å². The number of benzene rings is 1. The number of thiocarbonyl (C=S) groups is 1. The number of carbonyl (C=O) groups excluding carboxylic acids is 1. The molecule has 2 aliphatic heterocycles. The molecular weight excluding hydrogens is 354 g/mol. The zero-order valence-corrected chi connectivity index (χ0v) is 14.8. The molecule has 0 spiro atoms. The van der Waals surface area contributed by atoms with E-state index in [1.807, 2.05) is 24.3 Å². The van der Waals surface area contributed by atoms with E-state index in [1.165, 1.54) is 16.7 Å². The van der Waals surface area contributed by atoms with Crippen molar-refractivity contribution in [2.75, 3.05) is 18.6 Å². The van der Waals surface area contributed by atoms with Crippen LogP contribution in [0.3, 0.4) is 0 Å². The van der Waals surface area contributed by atoms with E-state index in [9.17, 15) is 13.2 Å². The van der Waals surface area contributed by atoms with E-state index < -0.39 is 9.84 Å². The highest BCUT2D eigenvalue weighted by molar-refractivity contribution is 8.26. The van der Waals surface area contributed by atoms with E-state index >= 15 is 0 Å². The van der Waals surface area contributed by atoms with Crippen LogP contribution < -0.4 is 4.74 Å². The smallest absolute Gasteiger partial charge is 0.266 e. The zero-order valence-electron chi connectivity index (χ0n) is 12.4. The summed E-state index contributed by atoms with van der Waals surface area (Å²) >= 11 is 6.49. The molecule has 0 bridgehead atoms. The molecule has 0 aromatic heterocycles. The van der Waals surface area contributed by atoms with Gasteiger partial charge in [-0.3, -0.25) is 9.69 Å². The van der Waals surface area contributed by atoms with Crippen LogP contribution in [0, 0.1) is 0 Å². The van der Waals surface area contributed by atoms with Crippen molar-refractivity contribution in [1.82, 2.24) is 4.90 Å². The van der Waals surface area contributed by atoms with E-state index in [1.54, 1.807) is 13.2 Å². The molecule has 5 nitrogen and oxygen atoms in total. The van der Waals surface area contributed by atoms with Crippen LogP contribution in [0.25, 0.3) is 6.08 Å². The van der Waals surface area contributed by atoms with Crippen LogP contribution in [0.15, 0.2) is 29.2 Å². The summed E-state index contributed by atoms with van der Waals surface area (Å²) in [5.41, 5.74) is 0.787. The van der Waals surface area contributed by atoms with Crippen LogP contribution in [-0.2, 0) is 14.6 Å². The van der Waals surface area contributed by atoms with E-state index in [-0.39, 0.29) is 23.5 Å². The lowest BCUT2D eigenvalue weighted by Crippen LogP contribution is -2.39. The topological polar surface area (TPSA) is 63.7 Å². The van der Waals surface area contributed by atoms with Gasteiger partial charge in [-0.25, -0.2) is 8.42 Å².